The van der Waals surface area contributed by atoms with E-state index in [9.17, 15) is 0 Å². The van der Waals surface area contributed by atoms with Crippen molar-refractivity contribution in [3.8, 4) is 0 Å². The Morgan fingerprint density at radius 2 is 1.68 bits per heavy atom. The molecule has 3 heteroatoms. The van der Waals surface area contributed by atoms with E-state index < -0.39 is 0 Å². The van der Waals surface area contributed by atoms with Crippen molar-refractivity contribution in [2.45, 2.75) is 63.5 Å². The largest absolute Gasteiger partial charge is 0.302 e. The van der Waals surface area contributed by atoms with Crippen molar-refractivity contribution < 1.29 is 0 Å². The van der Waals surface area contributed by atoms with Gasteiger partial charge in [-0.25, -0.2) is 0 Å². The van der Waals surface area contributed by atoms with E-state index in [-0.39, 0.29) is 0 Å². The molecule has 0 amide bonds. The highest BCUT2D eigenvalue weighted by Crippen LogP contribution is 2.38. The van der Waals surface area contributed by atoms with E-state index in [1.165, 1.54) is 70.3 Å². The molecule has 0 unspecified atom stereocenters. The van der Waals surface area contributed by atoms with Crippen LogP contribution in [0.4, 0.5) is 0 Å². The van der Waals surface area contributed by atoms with Gasteiger partial charge >= 0.3 is 0 Å². The third-order valence-corrected chi connectivity index (χ3v) is 7.03. The molecule has 0 N–H and O–H groups in total. The van der Waals surface area contributed by atoms with Crippen LogP contribution < -0.4 is 0 Å². The number of thiol groups is 1. The number of nitrogens with zero attached hydrogens (tertiary/aromatic N) is 1. The van der Waals surface area contributed by atoms with E-state index in [0.717, 1.165) is 5.75 Å². The highest BCUT2D eigenvalue weighted by Gasteiger charge is 2.33. The van der Waals surface area contributed by atoms with Crippen LogP contribution in [0, 0.1) is 5.41 Å². The Bertz CT molecular complexity index is 270. The third kappa shape index (κ3) is 4.86. The van der Waals surface area contributed by atoms with Crippen LogP contribution in [-0.4, -0.2) is 40.8 Å². The number of hydrogen-bond acceptors (Lipinski definition) is 3. The molecule has 112 valence electrons. The molecule has 1 heterocycles. The zero-order valence-electron chi connectivity index (χ0n) is 12.8. The van der Waals surface area contributed by atoms with Gasteiger partial charge in [0.2, 0.25) is 0 Å². The predicted molar refractivity (Wildman–Crippen MR) is 91.6 cm³/mol. The SMILES string of the molecule is CC1(C)CCN(CC2(CS)CCCCCC2)CCS1. The van der Waals surface area contributed by atoms with Gasteiger partial charge in [-0.05, 0) is 37.0 Å². The minimum atomic E-state index is 0.479. The molecule has 0 atom stereocenters. The summed E-state index contributed by atoms with van der Waals surface area (Å²) in [4.78, 5) is 2.74. The summed E-state index contributed by atoms with van der Waals surface area (Å²) in [6.07, 6.45) is 9.88. The lowest BCUT2D eigenvalue weighted by atomic mass is 9.81. The van der Waals surface area contributed by atoms with Gasteiger partial charge in [0.05, 0.1) is 0 Å². The van der Waals surface area contributed by atoms with E-state index >= 15 is 0 Å². The lowest BCUT2D eigenvalue weighted by Crippen LogP contribution is -2.40. The van der Waals surface area contributed by atoms with Gasteiger partial charge in [0.1, 0.15) is 0 Å². The summed E-state index contributed by atoms with van der Waals surface area (Å²) in [6.45, 7) is 8.68. The summed E-state index contributed by atoms with van der Waals surface area (Å²) in [5.74, 6) is 2.38. The first-order valence-electron chi connectivity index (χ1n) is 8.03. The smallest absolute Gasteiger partial charge is 0.0116 e. The molecule has 0 bridgehead atoms. The zero-order valence-corrected chi connectivity index (χ0v) is 14.5. The van der Waals surface area contributed by atoms with Crippen LogP contribution in [0.15, 0.2) is 0 Å². The fraction of sp³-hybridized carbons (Fsp3) is 1.00. The van der Waals surface area contributed by atoms with Gasteiger partial charge in [0, 0.05) is 23.6 Å². The Morgan fingerprint density at radius 3 is 2.32 bits per heavy atom. The van der Waals surface area contributed by atoms with Gasteiger partial charge in [-0.3, -0.25) is 0 Å². The molecule has 2 rings (SSSR count). The summed E-state index contributed by atoms with van der Waals surface area (Å²) >= 11 is 6.88. The fourth-order valence-electron chi connectivity index (χ4n) is 3.54. The van der Waals surface area contributed by atoms with Crippen LogP contribution >= 0.6 is 24.4 Å². The van der Waals surface area contributed by atoms with Crippen LogP contribution in [0.25, 0.3) is 0 Å². The first kappa shape index (κ1) is 16.0. The molecule has 0 aromatic rings. The second kappa shape index (κ2) is 7.09. The summed E-state index contributed by atoms with van der Waals surface area (Å²) in [5, 5.41) is 0. The van der Waals surface area contributed by atoms with Crippen molar-refractivity contribution in [3.63, 3.8) is 0 Å². The van der Waals surface area contributed by atoms with Crippen molar-refractivity contribution in [2.24, 2.45) is 5.41 Å². The molecule has 1 saturated heterocycles. The number of hydrogen-bond donors (Lipinski definition) is 1. The van der Waals surface area contributed by atoms with Crippen LogP contribution in [0.5, 0.6) is 0 Å². The maximum atomic E-state index is 4.73. The topological polar surface area (TPSA) is 3.24 Å². The summed E-state index contributed by atoms with van der Waals surface area (Å²) in [6, 6.07) is 0. The second-order valence-electron chi connectivity index (χ2n) is 7.21. The first-order valence-corrected chi connectivity index (χ1v) is 9.64. The Hall–Kier alpha value is 0.660. The van der Waals surface area contributed by atoms with E-state index in [1.807, 2.05) is 0 Å². The van der Waals surface area contributed by atoms with Gasteiger partial charge in [0.25, 0.3) is 0 Å². The molecule has 1 aliphatic carbocycles. The summed E-state index contributed by atoms with van der Waals surface area (Å²) in [5.41, 5.74) is 0.513. The van der Waals surface area contributed by atoms with Crippen molar-refractivity contribution in [1.82, 2.24) is 4.90 Å². The monoisotopic (exact) mass is 301 g/mol. The van der Waals surface area contributed by atoms with E-state index in [1.54, 1.807) is 0 Å². The Labute approximate surface area is 129 Å². The van der Waals surface area contributed by atoms with Gasteiger partial charge in [-0.1, -0.05) is 39.5 Å². The lowest BCUT2D eigenvalue weighted by molar-refractivity contribution is 0.155. The maximum absolute atomic E-state index is 4.73. The first-order chi connectivity index (χ1) is 9.05. The molecule has 2 fully saturated rings. The summed E-state index contributed by atoms with van der Waals surface area (Å²) in [7, 11) is 0. The zero-order chi connectivity index (χ0) is 13.8. The minimum absolute atomic E-state index is 0.479. The Balaban J connectivity index is 1.93. The second-order valence-corrected chi connectivity index (χ2v) is 9.32. The lowest BCUT2D eigenvalue weighted by Gasteiger charge is -2.36. The molecule has 2 aliphatic rings. The minimum Gasteiger partial charge on any atom is -0.302 e. The van der Waals surface area contributed by atoms with Gasteiger partial charge in [-0.2, -0.15) is 24.4 Å². The van der Waals surface area contributed by atoms with Crippen molar-refractivity contribution in [1.29, 1.82) is 0 Å². The molecule has 1 aliphatic heterocycles. The quantitative estimate of drug-likeness (QED) is 0.605. The molecule has 19 heavy (non-hydrogen) atoms. The van der Waals surface area contributed by atoms with Crippen molar-refractivity contribution in [2.75, 3.05) is 31.1 Å². The molecule has 1 saturated carbocycles. The number of thioether (sulfide) groups is 1. The average Bonchev–Trinajstić information content (AvgIpc) is 2.70. The van der Waals surface area contributed by atoms with Crippen LogP contribution in [-0.2, 0) is 0 Å². The van der Waals surface area contributed by atoms with Crippen LogP contribution in [0.1, 0.15) is 58.8 Å². The van der Waals surface area contributed by atoms with Crippen LogP contribution in [0.3, 0.4) is 0 Å². The maximum Gasteiger partial charge on any atom is 0.0116 e. The summed E-state index contributed by atoms with van der Waals surface area (Å²) < 4.78 is 0.479. The molecule has 0 aromatic heterocycles. The predicted octanol–water partition coefficient (Wildman–Crippen LogP) is 4.47. The molecule has 0 aromatic carbocycles. The van der Waals surface area contributed by atoms with E-state index in [2.05, 4.69) is 30.5 Å². The third-order valence-electron chi connectivity index (χ3n) is 4.99. The van der Waals surface area contributed by atoms with Crippen molar-refractivity contribution >= 4 is 24.4 Å². The van der Waals surface area contributed by atoms with Gasteiger partial charge in [0.15, 0.2) is 0 Å². The van der Waals surface area contributed by atoms with Gasteiger partial charge in [-0.15, -0.1) is 0 Å². The van der Waals surface area contributed by atoms with Gasteiger partial charge < -0.3 is 4.90 Å². The Morgan fingerprint density at radius 1 is 1.00 bits per heavy atom. The molecular weight excluding hydrogens is 270 g/mol. The molecular formula is C16H31NS2. The normalized spacial score (nSPS) is 28.6. The Kier molecular flexibility index (Phi) is 5.98. The highest BCUT2D eigenvalue weighted by molar-refractivity contribution is 8.00. The molecule has 1 nitrogen and oxygen atoms in total. The molecule has 0 spiro atoms. The highest BCUT2D eigenvalue weighted by atomic mass is 32.2. The standard InChI is InChI=1S/C16H31NS2/c1-15(2)9-10-17(11-12-19-15)13-16(14-18)7-5-3-4-6-8-16/h18H,3-14H2,1-2H3. The van der Waals surface area contributed by atoms with E-state index in [0.29, 0.717) is 10.2 Å². The average molecular weight is 302 g/mol. The fourth-order valence-corrected chi connectivity index (χ4v) is 5.09. The van der Waals surface area contributed by atoms with Crippen molar-refractivity contribution in [3.05, 3.63) is 0 Å². The number of rotatable bonds is 3. The molecule has 0 radical (unpaired) electrons. The van der Waals surface area contributed by atoms with E-state index in [4.69, 9.17) is 12.6 Å². The van der Waals surface area contributed by atoms with Crippen LogP contribution in [0.2, 0.25) is 0 Å².